The summed E-state index contributed by atoms with van der Waals surface area (Å²) in [6.45, 7) is 9.22. The van der Waals surface area contributed by atoms with Gasteiger partial charge in [0.2, 0.25) is 5.78 Å². The standard InChI is InChI=1S/C22H44NO/c1-6-9-10-11-12-13-14-15-16-17-18-19-21(22(24)8-3)23(4,5)20-7-2/h8,21H,3,6-7,9-20H2,1-2,4-5H3/q+1. The molecule has 0 spiro atoms. The molecule has 0 aromatic rings. The van der Waals surface area contributed by atoms with Crippen molar-refractivity contribution in [2.24, 2.45) is 0 Å². The van der Waals surface area contributed by atoms with E-state index in [2.05, 4.69) is 34.5 Å². The number of carbonyl (C=O) groups excluding carboxylic acids is 1. The van der Waals surface area contributed by atoms with Gasteiger partial charge in [0.1, 0.15) is 0 Å². The van der Waals surface area contributed by atoms with Crippen LogP contribution in [0, 0.1) is 0 Å². The van der Waals surface area contributed by atoms with Gasteiger partial charge < -0.3 is 4.48 Å². The first-order valence-corrected chi connectivity index (χ1v) is 10.5. The third kappa shape index (κ3) is 11.0. The lowest BCUT2D eigenvalue weighted by Gasteiger charge is -2.36. The smallest absolute Gasteiger partial charge is 0.212 e. The highest BCUT2D eigenvalue weighted by Gasteiger charge is 2.31. The van der Waals surface area contributed by atoms with Gasteiger partial charge in [0.25, 0.3) is 0 Å². The second kappa shape index (κ2) is 14.7. The molecule has 0 heterocycles. The Morgan fingerprint density at radius 3 is 1.71 bits per heavy atom. The van der Waals surface area contributed by atoms with E-state index in [9.17, 15) is 4.79 Å². The molecule has 0 aromatic carbocycles. The summed E-state index contributed by atoms with van der Waals surface area (Å²) in [7, 11) is 4.38. The maximum atomic E-state index is 12.2. The van der Waals surface area contributed by atoms with Crippen molar-refractivity contribution >= 4 is 5.78 Å². The fourth-order valence-electron chi connectivity index (χ4n) is 3.71. The minimum absolute atomic E-state index is 0.0982. The predicted molar refractivity (Wildman–Crippen MR) is 107 cm³/mol. The zero-order chi connectivity index (χ0) is 18.3. The molecule has 142 valence electrons. The lowest BCUT2D eigenvalue weighted by molar-refractivity contribution is -0.906. The maximum absolute atomic E-state index is 12.2. The minimum atomic E-state index is 0.0982. The molecule has 0 amide bonds. The van der Waals surface area contributed by atoms with Crippen LogP contribution < -0.4 is 0 Å². The zero-order valence-electron chi connectivity index (χ0n) is 17.1. The molecule has 0 saturated heterocycles. The van der Waals surface area contributed by atoms with Gasteiger partial charge in [0.15, 0.2) is 6.04 Å². The second-order valence-electron chi connectivity index (χ2n) is 7.95. The van der Waals surface area contributed by atoms with Crippen LogP contribution >= 0.6 is 0 Å². The molecule has 0 bridgehead atoms. The number of ketones is 1. The predicted octanol–water partition coefficient (Wildman–Crippen LogP) is 6.30. The van der Waals surface area contributed by atoms with Gasteiger partial charge in [-0.1, -0.05) is 84.6 Å². The van der Waals surface area contributed by atoms with Crippen LogP contribution in [0.15, 0.2) is 12.7 Å². The van der Waals surface area contributed by atoms with Gasteiger partial charge in [-0.15, -0.1) is 0 Å². The number of nitrogens with zero attached hydrogens (tertiary/aromatic N) is 1. The van der Waals surface area contributed by atoms with Gasteiger partial charge in [-0.2, -0.15) is 0 Å². The van der Waals surface area contributed by atoms with Crippen LogP contribution in [0.3, 0.4) is 0 Å². The van der Waals surface area contributed by atoms with Crippen LogP contribution in [0.1, 0.15) is 97.3 Å². The van der Waals surface area contributed by atoms with Crippen LogP contribution in [-0.4, -0.2) is 36.9 Å². The molecule has 0 rings (SSSR count). The summed E-state index contributed by atoms with van der Waals surface area (Å²) in [6, 6.07) is 0.0982. The fourth-order valence-corrected chi connectivity index (χ4v) is 3.71. The lowest BCUT2D eigenvalue weighted by atomic mass is 9.99. The van der Waals surface area contributed by atoms with Gasteiger partial charge >= 0.3 is 0 Å². The van der Waals surface area contributed by atoms with Gasteiger partial charge in [-0.05, 0) is 18.9 Å². The molecule has 0 radical (unpaired) electrons. The molecule has 1 atom stereocenters. The summed E-state index contributed by atoms with van der Waals surface area (Å²) in [4.78, 5) is 12.2. The van der Waals surface area contributed by atoms with E-state index in [0.717, 1.165) is 23.9 Å². The molecule has 0 N–H and O–H groups in total. The third-order valence-electron chi connectivity index (χ3n) is 5.25. The highest BCUT2D eigenvalue weighted by Crippen LogP contribution is 2.18. The van der Waals surface area contributed by atoms with Crippen molar-refractivity contribution in [2.45, 2.75) is 103 Å². The van der Waals surface area contributed by atoms with Crippen molar-refractivity contribution in [1.29, 1.82) is 0 Å². The van der Waals surface area contributed by atoms with E-state index >= 15 is 0 Å². The molecule has 2 heteroatoms. The number of rotatable bonds is 17. The largest absolute Gasteiger partial charge is 0.320 e. The van der Waals surface area contributed by atoms with Crippen LogP contribution in [0.25, 0.3) is 0 Å². The Bertz CT molecular complexity index is 322. The summed E-state index contributed by atoms with van der Waals surface area (Å²) in [6.07, 6.45) is 18.6. The first-order chi connectivity index (χ1) is 11.5. The molecule has 24 heavy (non-hydrogen) atoms. The number of quaternary nitrogens is 1. The highest BCUT2D eigenvalue weighted by atomic mass is 16.1. The summed E-state index contributed by atoms with van der Waals surface area (Å²) in [5, 5.41) is 0. The molecule has 2 nitrogen and oxygen atoms in total. The quantitative estimate of drug-likeness (QED) is 0.173. The number of hydrogen-bond acceptors (Lipinski definition) is 1. The maximum Gasteiger partial charge on any atom is 0.212 e. The van der Waals surface area contributed by atoms with E-state index in [1.165, 1.54) is 76.7 Å². The molecule has 0 aliphatic rings. The average molecular weight is 339 g/mol. The van der Waals surface area contributed by atoms with E-state index in [1.54, 1.807) is 0 Å². The third-order valence-corrected chi connectivity index (χ3v) is 5.25. The Hall–Kier alpha value is -0.630. The van der Waals surface area contributed by atoms with Gasteiger partial charge in [-0.25, -0.2) is 0 Å². The van der Waals surface area contributed by atoms with Crippen LogP contribution in [0.2, 0.25) is 0 Å². The molecule has 0 aliphatic carbocycles. The molecule has 0 aliphatic heterocycles. The summed E-state index contributed by atoms with van der Waals surface area (Å²) >= 11 is 0. The molecular formula is C22H44NO+. The lowest BCUT2D eigenvalue weighted by Crippen LogP contribution is -2.52. The Labute approximate surface area is 152 Å². The summed E-state index contributed by atoms with van der Waals surface area (Å²) in [5.74, 6) is 0.223. The van der Waals surface area contributed by atoms with E-state index in [4.69, 9.17) is 0 Å². The van der Waals surface area contributed by atoms with Crippen molar-refractivity contribution in [3.63, 3.8) is 0 Å². The Kier molecular flexibility index (Phi) is 14.3. The molecule has 0 saturated carbocycles. The first-order valence-electron chi connectivity index (χ1n) is 10.5. The monoisotopic (exact) mass is 338 g/mol. The van der Waals surface area contributed by atoms with Crippen molar-refractivity contribution in [1.82, 2.24) is 0 Å². The molecule has 1 unspecified atom stereocenters. The van der Waals surface area contributed by atoms with E-state index in [0.29, 0.717) is 0 Å². The fraction of sp³-hybridized carbons (Fsp3) is 0.864. The zero-order valence-corrected chi connectivity index (χ0v) is 17.1. The second-order valence-corrected chi connectivity index (χ2v) is 7.95. The van der Waals surface area contributed by atoms with Crippen molar-refractivity contribution in [2.75, 3.05) is 20.6 Å². The van der Waals surface area contributed by atoms with Gasteiger partial charge in [0, 0.05) is 6.42 Å². The SMILES string of the molecule is C=CC(=O)C(CCCCCCCCCCCCC)[N+](C)(C)CCC. The van der Waals surface area contributed by atoms with Crippen molar-refractivity contribution in [3.8, 4) is 0 Å². The average Bonchev–Trinajstić information content (AvgIpc) is 2.55. The van der Waals surface area contributed by atoms with Crippen molar-refractivity contribution < 1.29 is 9.28 Å². The Morgan fingerprint density at radius 2 is 1.29 bits per heavy atom. The van der Waals surface area contributed by atoms with Crippen LogP contribution in [-0.2, 0) is 4.79 Å². The summed E-state index contributed by atoms with van der Waals surface area (Å²) in [5.41, 5.74) is 0. The van der Waals surface area contributed by atoms with E-state index in [-0.39, 0.29) is 11.8 Å². The number of likely N-dealkylation sites (N-methyl/N-ethyl adjacent to an activating group) is 1. The number of unbranched alkanes of at least 4 members (excludes halogenated alkanes) is 10. The van der Waals surface area contributed by atoms with Gasteiger partial charge in [-0.3, -0.25) is 4.79 Å². The van der Waals surface area contributed by atoms with Crippen molar-refractivity contribution in [3.05, 3.63) is 12.7 Å². The highest BCUT2D eigenvalue weighted by molar-refractivity contribution is 5.92. The molecule has 0 aromatic heterocycles. The Morgan fingerprint density at radius 1 is 0.833 bits per heavy atom. The Balaban J connectivity index is 3.81. The number of carbonyl (C=O) groups is 1. The summed E-state index contributed by atoms with van der Waals surface area (Å²) < 4.78 is 0.805. The van der Waals surface area contributed by atoms with E-state index < -0.39 is 0 Å². The first kappa shape index (κ1) is 23.4. The van der Waals surface area contributed by atoms with Gasteiger partial charge in [0.05, 0.1) is 20.6 Å². The van der Waals surface area contributed by atoms with Crippen LogP contribution in [0.5, 0.6) is 0 Å². The van der Waals surface area contributed by atoms with Crippen LogP contribution in [0.4, 0.5) is 0 Å². The minimum Gasteiger partial charge on any atom is -0.320 e. The molecular weight excluding hydrogens is 294 g/mol. The normalized spacial score (nSPS) is 13.0. The van der Waals surface area contributed by atoms with E-state index in [1.807, 2.05) is 0 Å². The molecule has 0 fully saturated rings. The number of hydrogen-bond donors (Lipinski definition) is 0. The topological polar surface area (TPSA) is 17.1 Å².